The van der Waals surface area contributed by atoms with Crippen molar-refractivity contribution in [1.82, 2.24) is 0 Å². The zero-order valence-electron chi connectivity index (χ0n) is 7.96. The Kier molecular flexibility index (Phi) is 4.00. The van der Waals surface area contributed by atoms with Crippen molar-refractivity contribution in [3.63, 3.8) is 0 Å². The normalized spacial score (nSPS) is 10.7. The van der Waals surface area contributed by atoms with Crippen LogP contribution in [0.1, 0.15) is 26.3 Å². The monoisotopic (exact) mass is 177 g/mol. The van der Waals surface area contributed by atoms with Gasteiger partial charge in [-0.05, 0) is 16.3 Å². The fraction of sp³-hybridized carbons (Fsp3) is 0.400. The van der Waals surface area contributed by atoms with Gasteiger partial charge in [0.05, 0.1) is 0 Å². The lowest BCUT2D eigenvalue weighted by molar-refractivity contribution is 0.590. The van der Waals surface area contributed by atoms with E-state index in [4.69, 9.17) is 0 Å². The Morgan fingerprint density at radius 3 is 1.75 bits per heavy atom. The molecule has 0 spiro atoms. The summed E-state index contributed by atoms with van der Waals surface area (Å²) in [6.07, 6.45) is 0. The Labute approximate surface area is 79.5 Å². The van der Waals surface area contributed by atoms with Gasteiger partial charge in [0.2, 0.25) is 0 Å². The van der Waals surface area contributed by atoms with E-state index in [1.165, 1.54) is 10.9 Å². The highest BCUT2D eigenvalue weighted by molar-refractivity contribution is 7.27. The van der Waals surface area contributed by atoms with Gasteiger partial charge in [-0.15, -0.1) is 9.24 Å². The molecule has 0 aliphatic heterocycles. The number of rotatable bonds is 0. The van der Waals surface area contributed by atoms with Gasteiger partial charge in [-0.3, -0.25) is 0 Å². The van der Waals surface area contributed by atoms with Crippen molar-refractivity contribution in [3.05, 3.63) is 29.8 Å². The minimum Gasteiger partial charge on any atom is -0.106 e. The molecule has 0 fully saturated rings. The van der Waals surface area contributed by atoms with E-state index in [1.54, 1.807) is 0 Å². The number of hydrogen-bond acceptors (Lipinski definition) is 0. The van der Waals surface area contributed by atoms with Gasteiger partial charge < -0.3 is 0 Å². The molecule has 0 nitrogen and oxygen atoms in total. The van der Waals surface area contributed by atoms with Crippen LogP contribution in [0.25, 0.3) is 0 Å². The lowest BCUT2D eigenvalue weighted by atomic mass is 9.87. The number of hydrogen-bond donors (Lipinski definition) is 0. The second kappa shape index (κ2) is 4.09. The molecule has 0 heterocycles. The molecule has 3 radical (unpaired) electrons. The molecule has 0 saturated heterocycles. The summed E-state index contributed by atoms with van der Waals surface area (Å²) in [5.41, 5.74) is 1.67. The summed E-state index contributed by atoms with van der Waals surface area (Å²) in [5, 5.41) is 1.25. The van der Waals surface area contributed by atoms with Crippen molar-refractivity contribution in [2.75, 3.05) is 0 Å². The van der Waals surface area contributed by atoms with Crippen LogP contribution in [-0.2, 0) is 5.41 Å². The minimum absolute atomic E-state index is 0. The predicted octanol–water partition coefficient (Wildman–Crippen LogP) is 2.10. The molecule has 0 aliphatic carbocycles. The van der Waals surface area contributed by atoms with Gasteiger partial charge in [0.15, 0.2) is 0 Å². The Morgan fingerprint density at radius 2 is 1.42 bits per heavy atom. The van der Waals surface area contributed by atoms with E-state index in [0.717, 1.165) is 0 Å². The molecule has 0 saturated carbocycles. The molecular weight excluding hydrogens is 162 g/mol. The van der Waals surface area contributed by atoms with E-state index in [-0.39, 0.29) is 13.8 Å². The second-order valence-electron chi connectivity index (χ2n) is 3.87. The fourth-order valence-corrected chi connectivity index (χ4v) is 1.18. The van der Waals surface area contributed by atoms with Gasteiger partial charge in [0.1, 0.15) is 0 Å². The van der Waals surface area contributed by atoms with Crippen molar-refractivity contribution < 1.29 is 0 Å². The summed E-state index contributed by atoms with van der Waals surface area (Å²) in [4.78, 5) is 0. The maximum absolute atomic E-state index is 2.69. The van der Waals surface area contributed by atoms with Crippen LogP contribution in [0.2, 0.25) is 0 Å². The van der Waals surface area contributed by atoms with Crippen LogP contribution in [-0.4, -0.2) is 8.41 Å². The van der Waals surface area contributed by atoms with E-state index in [2.05, 4.69) is 54.3 Å². The maximum Gasteiger partial charge on any atom is 0 e. The standard InChI is InChI=1S/C10H15P.B/c1-10(2,3)8-4-6-9(11)7-5-8;/h4-7H,11H2,1-3H3;. The van der Waals surface area contributed by atoms with Gasteiger partial charge in [-0.1, -0.05) is 45.0 Å². The molecular formula is C10H15BP. The van der Waals surface area contributed by atoms with Crippen molar-refractivity contribution >= 4 is 23.0 Å². The molecule has 0 bridgehead atoms. The molecule has 1 unspecified atom stereocenters. The first-order valence-corrected chi connectivity index (χ1v) is 4.44. The average Bonchev–Trinajstić information content (AvgIpc) is 1.86. The smallest absolute Gasteiger partial charge is 0 e. The van der Waals surface area contributed by atoms with Gasteiger partial charge >= 0.3 is 0 Å². The van der Waals surface area contributed by atoms with Crippen LogP contribution in [0.5, 0.6) is 0 Å². The number of benzene rings is 1. The molecule has 2 heteroatoms. The summed E-state index contributed by atoms with van der Waals surface area (Å²) in [6.45, 7) is 6.68. The van der Waals surface area contributed by atoms with E-state index < -0.39 is 0 Å². The van der Waals surface area contributed by atoms with Crippen molar-refractivity contribution in [2.24, 2.45) is 0 Å². The van der Waals surface area contributed by atoms with Crippen molar-refractivity contribution in [2.45, 2.75) is 26.2 Å². The lowest BCUT2D eigenvalue weighted by Crippen LogP contribution is -2.11. The third-order valence-electron chi connectivity index (χ3n) is 1.78. The summed E-state index contributed by atoms with van der Waals surface area (Å²) in [7, 11) is 2.69. The molecule has 1 aromatic carbocycles. The molecule has 0 aliphatic rings. The second-order valence-corrected chi connectivity index (χ2v) is 4.54. The lowest BCUT2D eigenvalue weighted by Gasteiger charge is -2.18. The van der Waals surface area contributed by atoms with Crippen molar-refractivity contribution in [1.29, 1.82) is 0 Å². The van der Waals surface area contributed by atoms with Crippen molar-refractivity contribution in [3.8, 4) is 0 Å². The van der Waals surface area contributed by atoms with Crippen LogP contribution in [0.15, 0.2) is 24.3 Å². The summed E-state index contributed by atoms with van der Waals surface area (Å²) >= 11 is 0. The van der Waals surface area contributed by atoms with E-state index in [9.17, 15) is 0 Å². The molecule has 1 aromatic rings. The molecule has 0 amide bonds. The first-order chi connectivity index (χ1) is 5.00. The maximum atomic E-state index is 2.69. The molecule has 63 valence electrons. The quantitative estimate of drug-likeness (QED) is 0.420. The third-order valence-corrected chi connectivity index (χ3v) is 2.16. The highest BCUT2D eigenvalue weighted by atomic mass is 31.0. The van der Waals surface area contributed by atoms with Crippen LogP contribution in [0, 0.1) is 0 Å². The summed E-state index contributed by atoms with van der Waals surface area (Å²) in [5.74, 6) is 0. The van der Waals surface area contributed by atoms with Crippen LogP contribution in [0.4, 0.5) is 0 Å². The van der Waals surface area contributed by atoms with E-state index in [0.29, 0.717) is 0 Å². The van der Waals surface area contributed by atoms with Crippen LogP contribution >= 0.6 is 9.24 Å². The highest BCUT2D eigenvalue weighted by Crippen LogP contribution is 2.20. The molecule has 12 heavy (non-hydrogen) atoms. The minimum atomic E-state index is 0. The van der Waals surface area contributed by atoms with Gasteiger partial charge in [0.25, 0.3) is 0 Å². The Hall–Kier alpha value is -0.285. The molecule has 1 rings (SSSR count). The SMILES string of the molecule is CC(C)(C)c1ccc(P)cc1.[B]. The topological polar surface area (TPSA) is 0 Å². The van der Waals surface area contributed by atoms with E-state index >= 15 is 0 Å². The zero-order chi connectivity index (χ0) is 8.48. The Morgan fingerprint density at radius 1 is 1.00 bits per heavy atom. The van der Waals surface area contributed by atoms with Crippen LogP contribution < -0.4 is 5.30 Å². The average molecular weight is 177 g/mol. The highest BCUT2D eigenvalue weighted by Gasteiger charge is 2.11. The first kappa shape index (κ1) is 11.7. The first-order valence-electron chi connectivity index (χ1n) is 3.86. The molecule has 0 N–H and O–H groups in total. The Bertz CT molecular complexity index is 233. The van der Waals surface area contributed by atoms with E-state index in [1.807, 2.05) is 0 Å². The van der Waals surface area contributed by atoms with Crippen LogP contribution in [0.3, 0.4) is 0 Å². The fourth-order valence-electron chi connectivity index (χ4n) is 0.983. The molecule has 1 atom stereocenters. The van der Waals surface area contributed by atoms with Gasteiger partial charge in [0, 0.05) is 8.41 Å². The zero-order valence-corrected chi connectivity index (χ0v) is 9.12. The van der Waals surface area contributed by atoms with Gasteiger partial charge in [-0.25, -0.2) is 0 Å². The summed E-state index contributed by atoms with van der Waals surface area (Å²) in [6, 6.07) is 8.63. The summed E-state index contributed by atoms with van der Waals surface area (Å²) < 4.78 is 0. The molecule has 0 aromatic heterocycles. The predicted molar refractivity (Wildman–Crippen MR) is 60.2 cm³/mol. The Balaban J connectivity index is 0.00000121. The third kappa shape index (κ3) is 2.99. The largest absolute Gasteiger partial charge is 0.106 e. The van der Waals surface area contributed by atoms with Gasteiger partial charge in [-0.2, -0.15) is 0 Å².